The van der Waals surface area contributed by atoms with Crippen molar-refractivity contribution in [2.24, 2.45) is 11.3 Å². The fourth-order valence-corrected chi connectivity index (χ4v) is 5.43. The molecule has 2 aliphatic rings. The highest BCUT2D eigenvalue weighted by Gasteiger charge is 2.58. The van der Waals surface area contributed by atoms with Gasteiger partial charge in [0, 0.05) is 24.9 Å². The molecule has 1 N–H and O–H groups in total. The van der Waals surface area contributed by atoms with Crippen molar-refractivity contribution >= 4 is 27.5 Å². The Morgan fingerprint density at radius 1 is 1.21 bits per heavy atom. The Balaban J connectivity index is 1.12. The Kier molecular flexibility index (Phi) is 4.61. The lowest BCUT2D eigenvalue weighted by Gasteiger charge is -2.32. The normalized spacial score (nSPS) is 21.1. The van der Waals surface area contributed by atoms with Crippen LogP contribution in [0.25, 0.3) is 10.2 Å². The topological polar surface area (TPSA) is 58.1 Å². The average Bonchev–Trinajstić information content (AvgIpc) is 3.27. The molecule has 28 heavy (non-hydrogen) atoms. The number of amides is 1. The summed E-state index contributed by atoms with van der Waals surface area (Å²) < 4.78 is 1.26. The van der Waals surface area contributed by atoms with Crippen LogP contribution in [0.2, 0.25) is 0 Å². The molecule has 1 atom stereocenters. The fraction of sp³-hybridized carbons (Fsp3) is 0.409. The van der Waals surface area contributed by atoms with Gasteiger partial charge in [0.2, 0.25) is 5.91 Å². The summed E-state index contributed by atoms with van der Waals surface area (Å²) in [5.74, 6) is 0.400. The second-order valence-electron chi connectivity index (χ2n) is 8.05. The maximum absolute atomic E-state index is 12.6. The number of thiazole rings is 1. The highest BCUT2D eigenvalue weighted by molar-refractivity contribution is 7.18. The number of hydrogen-bond donors (Lipinski definition) is 1. The Labute approximate surface area is 168 Å². The summed E-state index contributed by atoms with van der Waals surface area (Å²) in [5.41, 5.74) is 2.39. The Hall–Kier alpha value is -2.31. The predicted octanol–water partition coefficient (Wildman–Crippen LogP) is 3.61. The summed E-state index contributed by atoms with van der Waals surface area (Å²) in [6.07, 6.45) is 6.83. The molecule has 3 aromatic rings. The van der Waals surface area contributed by atoms with Crippen LogP contribution in [0.5, 0.6) is 0 Å². The molecule has 5 nitrogen and oxygen atoms in total. The first-order valence-electron chi connectivity index (χ1n) is 9.95. The van der Waals surface area contributed by atoms with E-state index in [-0.39, 0.29) is 17.2 Å². The zero-order valence-corrected chi connectivity index (χ0v) is 16.6. The van der Waals surface area contributed by atoms with E-state index < -0.39 is 0 Å². The number of likely N-dealkylation sites (tertiary alicyclic amines) is 1. The summed E-state index contributed by atoms with van der Waals surface area (Å²) in [7, 11) is 0. The minimum atomic E-state index is 0.189. The van der Waals surface area contributed by atoms with Crippen LogP contribution in [0.1, 0.15) is 29.8 Å². The molecule has 144 valence electrons. The average molecular weight is 393 g/mol. The third kappa shape index (κ3) is 3.54. The lowest BCUT2D eigenvalue weighted by molar-refractivity contribution is -0.123. The second-order valence-corrected chi connectivity index (χ2v) is 9.16. The van der Waals surface area contributed by atoms with E-state index in [1.165, 1.54) is 9.71 Å². The van der Waals surface area contributed by atoms with Crippen LogP contribution >= 0.6 is 11.3 Å². The highest BCUT2D eigenvalue weighted by atomic mass is 32.1. The number of nitrogens with one attached hydrogen (secondary N) is 1. The number of carbonyl (C=O) groups is 1. The molecule has 5 rings (SSSR count). The zero-order chi connectivity index (χ0) is 19.0. The number of hydrogen-bond acceptors (Lipinski definition) is 5. The molecule has 3 heterocycles. The van der Waals surface area contributed by atoms with Crippen LogP contribution in [0.4, 0.5) is 0 Å². The molecule has 1 aliphatic heterocycles. The molecule has 1 saturated carbocycles. The van der Waals surface area contributed by atoms with Crippen molar-refractivity contribution in [1.82, 2.24) is 20.2 Å². The number of fused-ring (bicyclic) bond motifs is 1. The molecular weight excluding hydrogens is 368 g/mol. The highest BCUT2D eigenvalue weighted by Crippen LogP contribution is 2.59. The standard InChI is InChI=1S/C22H24N4OS/c27-21(24-14-16-4-3-9-23-13-16)17-12-22(17)7-10-26(11-8-22)15-20-25-18-5-1-2-6-19(18)28-20/h1-6,9,13,17H,7-8,10-12,14-15H2,(H,24,27). The van der Waals surface area contributed by atoms with Crippen molar-refractivity contribution in [3.05, 3.63) is 59.4 Å². The van der Waals surface area contributed by atoms with Crippen molar-refractivity contribution in [2.75, 3.05) is 13.1 Å². The van der Waals surface area contributed by atoms with Gasteiger partial charge in [0.15, 0.2) is 0 Å². The van der Waals surface area contributed by atoms with Gasteiger partial charge < -0.3 is 5.32 Å². The van der Waals surface area contributed by atoms with E-state index in [4.69, 9.17) is 4.98 Å². The maximum atomic E-state index is 12.6. The quantitative estimate of drug-likeness (QED) is 0.721. The van der Waals surface area contributed by atoms with E-state index in [1.807, 2.05) is 24.4 Å². The number of benzene rings is 1. The van der Waals surface area contributed by atoms with E-state index in [0.29, 0.717) is 6.54 Å². The fourth-order valence-electron chi connectivity index (χ4n) is 4.42. The van der Waals surface area contributed by atoms with Crippen molar-refractivity contribution in [3.63, 3.8) is 0 Å². The van der Waals surface area contributed by atoms with Gasteiger partial charge in [-0.3, -0.25) is 14.7 Å². The Morgan fingerprint density at radius 2 is 2.07 bits per heavy atom. The summed E-state index contributed by atoms with van der Waals surface area (Å²) in [6.45, 7) is 3.61. The van der Waals surface area contributed by atoms with Crippen molar-refractivity contribution < 1.29 is 4.79 Å². The van der Waals surface area contributed by atoms with Gasteiger partial charge in [-0.15, -0.1) is 11.3 Å². The van der Waals surface area contributed by atoms with E-state index in [1.54, 1.807) is 17.5 Å². The molecule has 1 spiro atoms. The minimum Gasteiger partial charge on any atom is -0.352 e. The Morgan fingerprint density at radius 3 is 2.86 bits per heavy atom. The van der Waals surface area contributed by atoms with Crippen LogP contribution < -0.4 is 5.32 Å². The number of rotatable bonds is 5. The minimum absolute atomic E-state index is 0.189. The number of carbonyl (C=O) groups excluding carboxylic acids is 1. The van der Waals surface area contributed by atoms with Gasteiger partial charge in [0.05, 0.1) is 16.8 Å². The Bertz CT molecular complexity index is 945. The summed E-state index contributed by atoms with van der Waals surface area (Å²) in [4.78, 5) is 23.9. The third-order valence-corrected chi connectivity index (χ3v) is 7.27. The number of aromatic nitrogens is 2. The number of piperidine rings is 1. The first-order valence-corrected chi connectivity index (χ1v) is 10.8. The molecule has 2 aromatic heterocycles. The van der Waals surface area contributed by atoms with Gasteiger partial charge in [-0.2, -0.15) is 0 Å². The van der Waals surface area contributed by atoms with Crippen molar-refractivity contribution in [2.45, 2.75) is 32.4 Å². The van der Waals surface area contributed by atoms with Crippen LogP contribution in [0, 0.1) is 11.3 Å². The largest absolute Gasteiger partial charge is 0.352 e. The molecule has 1 aliphatic carbocycles. The van der Waals surface area contributed by atoms with Gasteiger partial charge >= 0.3 is 0 Å². The first-order chi connectivity index (χ1) is 13.7. The molecule has 0 radical (unpaired) electrons. The van der Waals surface area contributed by atoms with Crippen LogP contribution in [0.3, 0.4) is 0 Å². The van der Waals surface area contributed by atoms with E-state index in [9.17, 15) is 4.79 Å². The van der Waals surface area contributed by atoms with Gasteiger partial charge in [-0.1, -0.05) is 18.2 Å². The van der Waals surface area contributed by atoms with Crippen molar-refractivity contribution in [3.8, 4) is 0 Å². The third-order valence-electron chi connectivity index (χ3n) is 6.24. The van der Waals surface area contributed by atoms with Crippen LogP contribution in [-0.2, 0) is 17.9 Å². The molecule has 1 aromatic carbocycles. The summed E-state index contributed by atoms with van der Waals surface area (Å²) >= 11 is 1.79. The number of para-hydroxylation sites is 1. The lowest BCUT2D eigenvalue weighted by atomic mass is 9.90. The monoisotopic (exact) mass is 392 g/mol. The smallest absolute Gasteiger partial charge is 0.223 e. The molecule has 6 heteroatoms. The maximum Gasteiger partial charge on any atom is 0.223 e. The van der Waals surface area contributed by atoms with Gasteiger partial charge in [-0.05, 0) is 61.5 Å². The summed E-state index contributed by atoms with van der Waals surface area (Å²) in [5, 5.41) is 4.29. The first kappa shape index (κ1) is 17.8. The van der Waals surface area contributed by atoms with E-state index >= 15 is 0 Å². The molecule has 2 fully saturated rings. The lowest BCUT2D eigenvalue weighted by Crippen LogP contribution is -2.36. The SMILES string of the molecule is O=C(NCc1cccnc1)C1CC12CCN(Cc1nc3ccccc3s1)CC2. The van der Waals surface area contributed by atoms with Crippen molar-refractivity contribution in [1.29, 1.82) is 0 Å². The summed E-state index contributed by atoms with van der Waals surface area (Å²) in [6, 6.07) is 12.2. The van der Waals surface area contributed by atoms with Gasteiger partial charge in [-0.25, -0.2) is 4.98 Å². The zero-order valence-electron chi connectivity index (χ0n) is 15.8. The second kappa shape index (κ2) is 7.26. The van der Waals surface area contributed by atoms with E-state index in [0.717, 1.165) is 50.0 Å². The molecule has 0 bridgehead atoms. The van der Waals surface area contributed by atoms with Crippen LogP contribution in [-0.4, -0.2) is 33.9 Å². The molecular formula is C22H24N4OS. The molecule has 1 saturated heterocycles. The van der Waals surface area contributed by atoms with Gasteiger partial charge in [0.1, 0.15) is 5.01 Å². The van der Waals surface area contributed by atoms with E-state index in [2.05, 4.69) is 33.4 Å². The van der Waals surface area contributed by atoms with Gasteiger partial charge in [0.25, 0.3) is 0 Å². The number of nitrogens with zero attached hydrogens (tertiary/aromatic N) is 3. The molecule has 1 unspecified atom stereocenters. The molecule has 1 amide bonds. The predicted molar refractivity (Wildman–Crippen MR) is 111 cm³/mol. The van der Waals surface area contributed by atoms with Crippen LogP contribution in [0.15, 0.2) is 48.8 Å². The number of pyridine rings is 1.